The Bertz CT molecular complexity index is 646. The number of nitrogens with one attached hydrogen (secondary N) is 1. The predicted octanol–water partition coefficient (Wildman–Crippen LogP) is 1.14. The van der Waals surface area contributed by atoms with E-state index in [-0.39, 0.29) is 18.1 Å². The average Bonchev–Trinajstić information content (AvgIpc) is 2.56. The van der Waals surface area contributed by atoms with Crippen LogP contribution in [0.5, 0.6) is 0 Å². The lowest BCUT2D eigenvalue weighted by atomic mass is 9.98. The lowest BCUT2D eigenvalue weighted by molar-refractivity contribution is -0.139. The van der Waals surface area contributed by atoms with Gasteiger partial charge >= 0.3 is 0 Å². The molecule has 25 heavy (non-hydrogen) atoms. The fraction of sp³-hybridized carbons (Fsp3) is 0.684. The minimum absolute atomic E-state index is 0.0556. The van der Waals surface area contributed by atoms with Gasteiger partial charge in [-0.2, -0.15) is 0 Å². The van der Waals surface area contributed by atoms with E-state index in [2.05, 4.69) is 24.1 Å². The van der Waals surface area contributed by atoms with E-state index in [0.29, 0.717) is 6.54 Å². The summed E-state index contributed by atoms with van der Waals surface area (Å²) < 4.78 is 1.43. The highest BCUT2D eigenvalue weighted by Crippen LogP contribution is 2.17. The Morgan fingerprint density at radius 1 is 1.40 bits per heavy atom. The maximum absolute atomic E-state index is 12.4. The Kier molecular flexibility index (Phi) is 6.41. The number of carbonyl (C=O) groups excluding carboxylic acids is 1. The summed E-state index contributed by atoms with van der Waals surface area (Å²) >= 11 is 0. The number of hydrogen-bond acceptors (Lipinski definition) is 4. The highest BCUT2D eigenvalue weighted by molar-refractivity contribution is 5.84. The summed E-state index contributed by atoms with van der Waals surface area (Å²) in [4.78, 5) is 26.8. The predicted molar refractivity (Wildman–Crippen MR) is 98.5 cm³/mol. The van der Waals surface area contributed by atoms with Crippen LogP contribution in [0.1, 0.15) is 39.3 Å². The van der Waals surface area contributed by atoms with Crippen LogP contribution in [0.3, 0.4) is 0 Å². The minimum atomic E-state index is -1.63. The third-order valence-electron chi connectivity index (χ3n) is 5.22. The van der Waals surface area contributed by atoms with Crippen molar-refractivity contribution in [3.8, 4) is 0 Å². The number of aliphatic hydroxyl groups is 1. The quantitative estimate of drug-likeness (QED) is 0.808. The largest absolute Gasteiger partial charge is 0.378 e. The normalized spacial score (nSPS) is 20.0. The van der Waals surface area contributed by atoms with Crippen LogP contribution >= 0.6 is 0 Å². The first-order chi connectivity index (χ1) is 11.7. The molecule has 140 valence electrons. The molecule has 1 aromatic heterocycles. The molecule has 1 fully saturated rings. The summed E-state index contributed by atoms with van der Waals surface area (Å²) in [6, 6.07) is 5.12. The zero-order valence-electron chi connectivity index (χ0n) is 15.8. The lowest BCUT2D eigenvalue weighted by Crippen LogP contribution is -2.52. The third kappa shape index (κ3) is 5.16. The van der Waals surface area contributed by atoms with Crippen LogP contribution in [0.25, 0.3) is 0 Å². The van der Waals surface area contributed by atoms with Crippen molar-refractivity contribution in [1.82, 2.24) is 14.8 Å². The van der Waals surface area contributed by atoms with E-state index in [9.17, 15) is 14.7 Å². The molecular formula is C19H31N3O3. The summed E-state index contributed by atoms with van der Waals surface area (Å²) in [7, 11) is 0. The molecule has 0 spiro atoms. The zero-order chi connectivity index (χ0) is 18.6. The molecular weight excluding hydrogens is 318 g/mol. The smallest absolute Gasteiger partial charge is 0.253 e. The Hall–Kier alpha value is -1.66. The van der Waals surface area contributed by atoms with Crippen LogP contribution in [0.15, 0.2) is 23.0 Å². The maximum atomic E-state index is 12.4. The zero-order valence-corrected chi connectivity index (χ0v) is 15.8. The van der Waals surface area contributed by atoms with Gasteiger partial charge in [-0.05, 0) is 58.7 Å². The van der Waals surface area contributed by atoms with E-state index in [0.717, 1.165) is 24.7 Å². The molecule has 6 nitrogen and oxygen atoms in total. The second-order valence-electron chi connectivity index (χ2n) is 7.64. The Morgan fingerprint density at radius 2 is 2.04 bits per heavy atom. The maximum Gasteiger partial charge on any atom is 0.253 e. The molecule has 0 unspecified atom stereocenters. The molecule has 1 aromatic rings. The molecule has 0 radical (unpaired) electrons. The fourth-order valence-electron chi connectivity index (χ4n) is 3.24. The number of rotatable bonds is 6. The van der Waals surface area contributed by atoms with Gasteiger partial charge in [-0.15, -0.1) is 0 Å². The number of carbonyl (C=O) groups is 1. The molecule has 0 aromatic carbocycles. The van der Waals surface area contributed by atoms with E-state index in [1.165, 1.54) is 30.4 Å². The number of piperidine rings is 1. The molecule has 1 saturated heterocycles. The topological polar surface area (TPSA) is 74.6 Å². The van der Waals surface area contributed by atoms with Gasteiger partial charge in [0.25, 0.3) is 11.5 Å². The number of hydrogen-bond donors (Lipinski definition) is 2. The molecule has 0 bridgehead atoms. The average molecular weight is 349 g/mol. The van der Waals surface area contributed by atoms with Crippen molar-refractivity contribution in [2.24, 2.45) is 5.92 Å². The molecule has 1 amide bonds. The highest BCUT2D eigenvalue weighted by Gasteiger charge is 2.32. The van der Waals surface area contributed by atoms with Crippen molar-refractivity contribution >= 4 is 5.91 Å². The first-order valence-corrected chi connectivity index (χ1v) is 9.12. The van der Waals surface area contributed by atoms with Gasteiger partial charge in [0.2, 0.25) is 0 Å². The molecule has 1 aliphatic heterocycles. The van der Waals surface area contributed by atoms with Crippen molar-refractivity contribution < 1.29 is 9.90 Å². The second kappa shape index (κ2) is 8.15. The minimum Gasteiger partial charge on any atom is -0.378 e. The van der Waals surface area contributed by atoms with Crippen LogP contribution in [0.2, 0.25) is 0 Å². The molecule has 0 saturated carbocycles. The van der Waals surface area contributed by atoms with Gasteiger partial charge in [0.1, 0.15) is 0 Å². The highest BCUT2D eigenvalue weighted by atomic mass is 16.3. The van der Waals surface area contributed by atoms with Crippen molar-refractivity contribution in [3.05, 3.63) is 34.2 Å². The van der Waals surface area contributed by atoms with Gasteiger partial charge in [-0.25, -0.2) is 0 Å². The van der Waals surface area contributed by atoms with E-state index < -0.39 is 11.5 Å². The van der Waals surface area contributed by atoms with Crippen LogP contribution in [0.4, 0.5) is 0 Å². The summed E-state index contributed by atoms with van der Waals surface area (Å²) in [5.74, 6) is 0.325. The standard InChI is InChI=1S/C19H31N3O3/c1-14-8-10-21(11-9-14)16(3)12-20-18(24)19(4,25)13-22-15(2)6-5-7-17(22)23/h5-7,14,16,25H,8-13H2,1-4H3,(H,20,24)/t16-,19+/m1/s1. The monoisotopic (exact) mass is 349 g/mol. The SMILES string of the molecule is Cc1cccc(=O)n1C[C@](C)(O)C(=O)NC[C@@H](C)N1CCC(C)CC1. The molecule has 2 N–H and O–H groups in total. The number of pyridine rings is 1. The lowest BCUT2D eigenvalue weighted by Gasteiger charge is -2.35. The third-order valence-corrected chi connectivity index (χ3v) is 5.22. The molecule has 0 aliphatic carbocycles. The molecule has 2 heterocycles. The van der Waals surface area contributed by atoms with Gasteiger partial charge in [-0.3, -0.25) is 14.5 Å². The molecule has 2 rings (SSSR count). The number of aromatic nitrogens is 1. The van der Waals surface area contributed by atoms with Crippen LogP contribution in [-0.4, -0.2) is 51.8 Å². The Morgan fingerprint density at radius 3 is 2.64 bits per heavy atom. The van der Waals surface area contributed by atoms with Crippen molar-refractivity contribution in [3.63, 3.8) is 0 Å². The summed E-state index contributed by atoms with van der Waals surface area (Å²) in [6.07, 6.45) is 2.37. The Labute approximate surface area is 149 Å². The first kappa shape index (κ1) is 19.7. The van der Waals surface area contributed by atoms with Crippen LogP contribution in [-0.2, 0) is 11.3 Å². The van der Waals surface area contributed by atoms with Crippen molar-refractivity contribution in [2.75, 3.05) is 19.6 Å². The van der Waals surface area contributed by atoms with E-state index >= 15 is 0 Å². The van der Waals surface area contributed by atoms with E-state index in [1.807, 2.05) is 0 Å². The van der Waals surface area contributed by atoms with Gasteiger partial charge in [0.15, 0.2) is 5.60 Å². The molecule has 2 atom stereocenters. The van der Waals surface area contributed by atoms with Crippen molar-refractivity contribution in [1.29, 1.82) is 0 Å². The van der Waals surface area contributed by atoms with Crippen molar-refractivity contribution in [2.45, 2.75) is 58.7 Å². The van der Waals surface area contributed by atoms with Gasteiger partial charge in [-0.1, -0.05) is 13.0 Å². The van der Waals surface area contributed by atoms with E-state index in [4.69, 9.17) is 0 Å². The summed E-state index contributed by atoms with van der Waals surface area (Å²) in [5.41, 5.74) is -1.13. The van der Waals surface area contributed by atoms with Crippen LogP contribution < -0.4 is 10.9 Å². The second-order valence-corrected chi connectivity index (χ2v) is 7.64. The number of amides is 1. The van der Waals surface area contributed by atoms with Gasteiger partial charge in [0.05, 0.1) is 6.54 Å². The molecule has 6 heteroatoms. The van der Waals surface area contributed by atoms with Gasteiger partial charge in [0, 0.05) is 24.3 Å². The van der Waals surface area contributed by atoms with Crippen LogP contribution in [0, 0.1) is 12.8 Å². The summed E-state index contributed by atoms with van der Waals surface area (Å²) in [6.45, 7) is 10.1. The summed E-state index contributed by atoms with van der Waals surface area (Å²) in [5, 5.41) is 13.4. The molecule has 1 aliphatic rings. The fourth-order valence-corrected chi connectivity index (χ4v) is 3.24. The Balaban J connectivity index is 1.91. The van der Waals surface area contributed by atoms with E-state index in [1.54, 1.807) is 19.1 Å². The number of aryl methyl sites for hydroxylation is 1. The first-order valence-electron chi connectivity index (χ1n) is 9.12. The van der Waals surface area contributed by atoms with Gasteiger partial charge < -0.3 is 15.0 Å². The number of nitrogens with zero attached hydrogens (tertiary/aromatic N) is 2. The number of likely N-dealkylation sites (tertiary alicyclic amines) is 1.